The Morgan fingerprint density at radius 1 is 1.40 bits per heavy atom. The highest BCUT2D eigenvalue weighted by molar-refractivity contribution is 5.65. The van der Waals surface area contributed by atoms with Gasteiger partial charge < -0.3 is 4.90 Å². The summed E-state index contributed by atoms with van der Waals surface area (Å²) in [5.41, 5.74) is 0. The predicted molar refractivity (Wildman–Crippen MR) is 38.1 cm³/mol. The van der Waals surface area contributed by atoms with E-state index in [1.54, 1.807) is 14.1 Å². The lowest BCUT2D eigenvalue weighted by atomic mass is 10.5. The van der Waals surface area contributed by atoms with Crippen molar-refractivity contribution in [3.05, 3.63) is 24.2 Å². The van der Waals surface area contributed by atoms with Crippen molar-refractivity contribution in [1.82, 2.24) is 4.90 Å². The third-order valence-electron chi connectivity index (χ3n) is 0.851. The van der Waals surface area contributed by atoms with E-state index in [1.807, 2.05) is 0 Å². The Bertz CT molecular complexity index is 161. The number of aldehydes is 1. The van der Waals surface area contributed by atoms with Crippen molar-refractivity contribution in [3.63, 3.8) is 0 Å². The largest absolute Gasteiger partial charge is 0.355 e. The minimum Gasteiger partial charge on any atom is -0.355 e. The molecule has 56 valence electrons. The highest BCUT2D eigenvalue weighted by Crippen LogP contribution is 1.98. The molecule has 2 nitrogen and oxygen atoms in total. The number of hydrogen-bond acceptors (Lipinski definition) is 2. The van der Waals surface area contributed by atoms with E-state index in [4.69, 9.17) is 0 Å². The topological polar surface area (TPSA) is 20.3 Å². The third-order valence-corrected chi connectivity index (χ3v) is 0.851. The molecule has 0 fully saturated rings. The highest BCUT2D eigenvalue weighted by atomic mass is 19.1. The summed E-state index contributed by atoms with van der Waals surface area (Å²) in [4.78, 5) is 11.0. The Morgan fingerprint density at radius 2 is 2.00 bits per heavy atom. The first kappa shape index (κ1) is 8.88. The van der Waals surface area contributed by atoms with Crippen LogP contribution in [0.3, 0.4) is 0 Å². The number of rotatable bonds is 3. The van der Waals surface area contributed by atoms with Crippen LogP contribution in [0.25, 0.3) is 0 Å². The molecule has 0 bridgehead atoms. The Hall–Kier alpha value is -1.12. The normalized spacial score (nSPS) is 12.1. The first-order valence-corrected chi connectivity index (χ1v) is 2.83. The van der Waals surface area contributed by atoms with Gasteiger partial charge in [0.2, 0.25) is 0 Å². The number of allylic oxidation sites excluding steroid dienone is 3. The lowest BCUT2D eigenvalue weighted by molar-refractivity contribution is -0.104. The zero-order valence-electron chi connectivity index (χ0n) is 6.04. The zero-order valence-corrected chi connectivity index (χ0v) is 6.04. The fourth-order valence-corrected chi connectivity index (χ4v) is 0.329. The van der Waals surface area contributed by atoms with Crippen LogP contribution in [0.4, 0.5) is 4.39 Å². The number of hydrogen-bond donors (Lipinski definition) is 0. The second-order valence-corrected chi connectivity index (χ2v) is 1.90. The Morgan fingerprint density at radius 3 is 2.40 bits per heavy atom. The van der Waals surface area contributed by atoms with Gasteiger partial charge in [-0.2, -0.15) is 4.39 Å². The lowest BCUT2D eigenvalue weighted by Crippen LogP contribution is -2.06. The van der Waals surface area contributed by atoms with E-state index in [0.29, 0.717) is 6.29 Å². The van der Waals surface area contributed by atoms with Crippen molar-refractivity contribution < 1.29 is 9.18 Å². The third kappa shape index (κ3) is 3.83. The summed E-state index contributed by atoms with van der Waals surface area (Å²) in [6.07, 6.45) is 4.39. The van der Waals surface area contributed by atoms with E-state index < -0.39 is 0 Å². The average molecular weight is 143 g/mol. The van der Waals surface area contributed by atoms with Crippen LogP contribution >= 0.6 is 0 Å². The van der Waals surface area contributed by atoms with Crippen molar-refractivity contribution in [1.29, 1.82) is 0 Å². The van der Waals surface area contributed by atoms with E-state index >= 15 is 0 Å². The summed E-state index contributed by atoms with van der Waals surface area (Å²) < 4.78 is 12.5. The van der Waals surface area contributed by atoms with Gasteiger partial charge in [0.15, 0.2) is 5.95 Å². The van der Waals surface area contributed by atoms with Gasteiger partial charge >= 0.3 is 0 Å². The van der Waals surface area contributed by atoms with Gasteiger partial charge in [0, 0.05) is 14.1 Å². The van der Waals surface area contributed by atoms with Crippen LogP contribution in [0, 0.1) is 0 Å². The highest BCUT2D eigenvalue weighted by Gasteiger charge is 1.90. The predicted octanol–water partition coefficient (Wildman–Crippen LogP) is 1.11. The minimum absolute atomic E-state index is 0.377. The van der Waals surface area contributed by atoms with Gasteiger partial charge in [-0.3, -0.25) is 4.79 Å². The second-order valence-electron chi connectivity index (χ2n) is 1.90. The fourth-order valence-electron chi connectivity index (χ4n) is 0.329. The smallest absolute Gasteiger partial charge is 0.189 e. The van der Waals surface area contributed by atoms with Crippen molar-refractivity contribution in [2.75, 3.05) is 14.1 Å². The van der Waals surface area contributed by atoms with Crippen LogP contribution in [-0.2, 0) is 4.79 Å². The summed E-state index contributed by atoms with van der Waals surface area (Å²) in [7, 11) is 3.17. The summed E-state index contributed by atoms with van der Waals surface area (Å²) in [5, 5.41) is 0. The van der Waals surface area contributed by atoms with Gasteiger partial charge in [0.25, 0.3) is 0 Å². The molecule has 0 rings (SSSR count). The molecule has 0 aromatic carbocycles. The number of carbonyl (C=O) groups is 1. The standard InChI is InChI=1S/C7H10FNO/c1-9(2)7(8)5-3-4-6-10/h3-6H,1-2H3/b4-3+,7-5+. The molecule has 0 spiro atoms. The summed E-state index contributed by atoms with van der Waals surface area (Å²) >= 11 is 0. The molecule has 0 N–H and O–H groups in total. The molecule has 0 aliphatic heterocycles. The molecular weight excluding hydrogens is 133 g/mol. The van der Waals surface area contributed by atoms with E-state index in [9.17, 15) is 9.18 Å². The zero-order chi connectivity index (χ0) is 7.98. The van der Waals surface area contributed by atoms with Gasteiger partial charge in [0.1, 0.15) is 6.29 Å². The first-order chi connectivity index (χ1) is 4.68. The monoisotopic (exact) mass is 143 g/mol. The quantitative estimate of drug-likeness (QED) is 0.255. The molecule has 0 aromatic rings. The van der Waals surface area contributed by atoms with Crippen LogP contribution in [-0.4, -0.2) is 25.3 Å². The van der Waals surface area contributed by atoms with Gasteiger partial charge in [-0.25, -0.2) is 0 Å². The average Bonchev–Trinajstić information content (AvgIpc) is 1.88. The van der Waals surface area contributed by atoms with Crippen LogP contribution < -0.4 is 0 Å². The van der Waals surface area contributed by atoms with E-state index in [0.717, 1.165) is 0 Å². The summed E-state index contributed by atoms with van der Waals surface area (Å²) in [5.74, 6) is -0.377. The van der Waals surface area contributed by atoms with Crippen molar-refractivity contribution in [2.45, 2.75) is 0 Å². The van der Waals surface area contributed by atoms with Gasteiger partial charge in [0.05, 0.1) is 0 Å². The maximum absolute atomic E-state index is 12.5. The molecule has 0 radical (unpaired) electrons. The Balaban J connectivity index is 3.91. The molecular formula is C7H10FNO. The second kappa shape index (κ2) is 4.73. The minimum atomic E-state index is -0.377. The Kier molecular flexibility index (Phi) is 4.20. The number of carbonyl (C=O) groups excluding carboxylic acids is 1. The molecule has 0 heterocycles. The molecule has 10 heavy (non-hydrogen) atoms. The summed E-state index contributed by atoms with van der Waals surface area (Å²) in [6.45, 7) is 0. The molecule has 0 aromatic heterocycles. The maximum Gasteiger partial charge on any atom is 0.189 e. The van der Waals surface area contributed by atoms with Crippen molar-refractivity contribution >= 4 is 6.29 Å². The number of halogens is 1. The number of nitrogens with zero attached hydrogens (tertiary/aromatic N) is 1. The van der Waals surface area contributed by atoms with Crippen molar-refractivity contribution in [2.24, 2.45) is 0 Å². The molecule has 0 amide bonds. The van der Waals surface area contributed by atoms with Crippen LogP contribution in [0.2, 0.25) is 0 Å². The molecule has 3 heteroatoms. The first-order valence-electron chi connectivity index (χ1n) is 2.83. The molecule has 0 saturated carbocycles. The van der Waals surface area contributed by atoms with Crippen molar-refractivity contribution in [3.8, 4) is 0 Å². The maximum atomic E-state index is 12.5. The van der Waals surface area contributed by atoms with Gasteiger partial charge in [-0.1, -0.05) is 6.08 Å². The van der Waals surface area contributed by atoms with Crippen LogP contribution in [0.15, 0.2) is 24.2 Å². The molecule has 0 atom stereocenters. The SMILES string of the molecule is CN(C)/C(F)=C/C=C/C=O. The van der Waals surface area contributed by atoms with E-state index in [1.165, 1.54) is 23.1 Å². The van der Waals surface area contributed by atoms with Gasteiger partial charge in [-0.05, 0) is 12.2 Å². The molecule has 0 aliphatic carbocycles. The fraction of sp³-hybridized carbons (Fsp3) is 0.286. The lowest BCUT2D eigenvalue weighted by Gasteiger charge is -2.06. The van der Waals surface area contributed by atoms with Crippen LogP contribution in [0.1, 0.15) is 0 Å². The van der Waals surface area contributed by atoms with E-state index in [2.05, 4.69) is 0 Å². The van der Waals surface area contributed by atoms with E-state index in [-0.39, 0.29) is 5.95 Å². The molecule has 0 aliphatic rings. The Labute approximate surface area is 59.6 Å². The summed E-state index contributed by atoms with van der Waals surface area (Å²) in [6, 6.07) is 0. The molecule has 0 saturated heterocycles. The van der Waals surface area contributed by atoms with Crippen LogP contribution in [0.5, 0.6) is 0 Å². The van der Waals surface area contributed by atoms with Gasteiger partial charge in [-0.15, -0.1) is 0 Å². The molecule has 0 unspecified atom stereocenters.